The van der Waals surface area contributed by atoms with Crippen molar-refractivity contribution in [2.45, 2.75) is 26.2 Å². The highest BCUT2D eigenvalue weighted by Crippen LogP contribution is 2.23. The number of pyridine rings is 1. The van der Waals surface area contributed by atoms with Crippen LogP contribution in [0.25, 0.3) is 0 Å². The molecule has 2 rings (SSSR count). The van der Waals surface area contributed by atoms with E-state index in [2.05, 4.69) is 31.1 Å². The molecule has 20 heavy (non-hydrogen) atoms. The summed E-state index contributed by atoms with van der Waals surface area (Å²) in [7, 11) is 0. The summed E-state index contributed by atoms with van der Waals surface area (Å²) in [5, 5.41) is 2.82. The minimum Gasteiger partial charge on any atom is -0.383 e. The first-order chi connectivity index (χ1) is 9.38. The number of hydrogen-bond donors (Lipinski definition) is 2. The molecule has 0 spiro atoms. The summed E-state index contributed by atoms with van der Waals surface area (Å²) in [5.74, 6) is -0.0181. The van der Waals surface area contributed by atoms with Crippen LogP contribution in [0.1, 0.15) is 36.7 Å². The molecule has 1 heterocycles. The van der Waals surface area contributed by atoms with E-state index in [1.165, 1.54) is 5.56 Å². The number of benzene rings is 1. The Morgan fingerprint density at radius 2 is 1.80 bits per heavy atom. The number of nitrogen functional groups attached to an aromatic ring is 1. The van der Waals surface area contributed by atoms with E-state index in [4.69, 9.17) is 5.73 Å². The van der Waals surface area contributed by atoms with Gasteiger partial charge in [-0.1, -0.05) is 32.9 Å². The lowest BCUT2D eigenvalue weighted by atomic mass is 9.87. The van der Waals surface area contributed by atoms with Crippen molar-refractivity contribution in [1.29, 1.82) is 0 Å². The third kappa shape index (κ3) is 3.15. The van der Waals surface area contributed by atoms with Gasteiger partial charge in [0.25, 0.3) is 5.91 Å². The molecule has 0 aliphatic heterocycles. The van der Waals surface area contributed by atoms with Crippen molar-refractivity contribution in [2.24, 2.45) is 0 Å². The third-order valence-corrected chi connectivity index (χ3v) is 3.09. The van der Waals surface area contributed by atoms with E-state index in [0.717, 1.165) is 5.69 Å². The lowest BCUT2D eigenvalue weighted by Crippen LogP contribution is -2.15. The van der Waals surface area contributed by atoms with Crippen molar-refractivity contribution in [3.8, 4) is 0 Å². The maximum absolute atomic E-state index is 12.1. The van der Waals surface area contributed by atoms with Crippen molar-refractivity contribution in [3.63, 3.8) is 0 Å². The summed E-state index contributed by atoms with van der Waals surface area (Å²) in [6, 6.07) is 11.2. The fourth-order valence-corrected chi connectivity index (χ4v) is 1.86. The summed E-state index contributed by atoms with van der Waals surface area (Å²) in [6.07, 6.45) is 1.56. The molecule has 1 amide bonds. The zero-order valence-corrected chi connectivity index (χ0v) is 12.0. The van der Waals surface area contributed by atoms with Crippen LogP contribution in [-0.2, 0) is 5.41 Å². The van der Waals surface area contributed by atoms with Gasteiger partial charge in [-0.05, 0) is 35.2 Å². The van der Waals surface area contributed by atoms with Crippen molar-refractivity contribution in [3.05, 3.63) is 53.7 Å². The molecular formula is C16H19N3O. The van der Waals surface area contributed by atoms with E-state index >= 15 is 0 Å². The molecule has 0 saturated carbocycles. The average molecular weight is 269 g/mol. The first-order valence-electron chi connectivity index (χ1n) is 6.50. The molecule has 0 aliphatic rings. The summed E-state index contributed by atoms with van der Waals surface area (Å²) >= 11 is 0. The fourth-order valence-electron chi connectivity index (χ4n) is 1.86. The van der Waals surface area contributed by atoms with Crippen LogP contribution in [0.4, 0.5) is 11.5 Å². The van der Waals surface area contributed by atoms with Gasteiger partial charge in [-0.2, -0.15) is 0 Å². The largest absolute Gasteiger partial charge is 0.383 e. The molecular weight excluding hydrogens is 250 g/mol. The number of amides is 1. The molecule has 0 atom stereocenters. The molecule has 0 saturated heterocycles. The molecule has 3 N–H and O–H groups in total. The first kappa shape index (κ1) is 14.1. The summed E-state index contributed by atoms with van der Waals surface area (Å²) in [4.78, 5) is 16.0. The van der Waals surface area contributed by atoms with Crippen molar-refractivity contribution >= 4 is 17.4 Å². The second-order valence-corrected chi connectivity index (χ2v) is 5.72. The highest BCUT2D eigenvalue weighted by molar-refractivity contribution is 6.07. The number of nitrogens with zero attached hydrogens (tertiary/aromatic N) is 1. The van der Waals surface area contributed by atoms with Gasteiger partial charge >= 0.3 is 0 Å². The van der Waals surface area contributed by atoms with Gasteiger partial charge in [0, 0.05) is 11.9 Å². The smallest absolute Gasteiger partial charge is 0.259 e. The van der Waals surface area contributed by atoms with Crippen LogP contribution < -0.4 is 11.1 Å². The number of nitrogens with two attached hydrogens (primary N) is 1. The van der Waals surface area contributed by atoms with E-state index in [1.807, 2.05) is 24.3 Å². The molecule has 0 fully saturated rings. The second-order valence-electron chi connectivity index (χ2n) is 5.72. The van der Waals surface area contributed by atoms with Gasteiger partial charge in [-0.25, -0.2) is 4.98 Å². The first-order valence-corrected chi connectivity index (χ1v) is 6.50. The van der Waals surface area contributed by atoms with Gasteiger partial charge < -0.3 is 11.1 Å². The van der Waals surface area contributed by atoms with Crippen LogP contribution >= 0.6 is 0 Å². The lowest BCUT2D eigenvalue weighted by Gasteiger charge is -2.19. The highest BCUT2D eigenvalue weighted by atomic mass is 16.1. The molecule has 0 aliphatic carbocycles. The number of carbonyl (C=O) groups excluding carboxylic acids is 1. The summed E-state index contributed by atoms with van der Waals surface area (Å²) in [6.45, 7) is 6.45. The molecule has 1 aromatic heterocycles. The van der Waals surface area contributed by atoms with Gasteiger partial charge in [0.1, 0.15) is 5.82 Å². The van der Waals surface area contributed by atoms with Gasteiger partial charge in [-0.15, -0.1) is 0 Å². The number of anilines is 2. The Morgan fingerprint density at radius 3 is 2.35 bits per heavy atom. The second kappa shape index (κ2) is 5.33. The Hall–Kier alpha value is -2.36. The standard InChI is InChI=1S/C16H19N3O/c1-16(2,3)11-6-8-12(9-7-11)19-15(20)13-5-4-10-18-14(13)17/h4-10H,1-3H3,(H2,17,18)(H,19,20). The summed E-state index contributed by atoms with van der Waals surface area (Å²) in [5.41, 5.74) is 8.12. The van der Waals surface area contributed by atoms with Crippen LogP contribution in [0.5, 0.6) is 0 Å². The molecule has 4 nitrogen and oxygen atoms in total. The van der Waals surface area contributed by atoms with Crippen LogP contribution in [0.2, 0.25) is 0 Å². The molecule has 2 aromatic rings. The monoisotopic (exact) mass is 269 g/mol. The van der Waals surface area contributed by atoms with Crippen LogP contribution in [-0.4, -0.2) is 10.9 Å². The minimum atomic E-state index is -0.251. The van der Waals surface area contributed by atoms with Gasteiger partial charge in [0.05, 0.1) is 5.56 Å². The van der Waals surface area contributed by atoms with E-state index in [9.17, 15) is 4.79 Å². The van der Waals surface area contributed by atoms with E-state index in [0.29, 0.717) is 5.56 Å². The Morgan fingerprint density at radius 1 is 1.15 bits per heavy atom. The van der Waals surface area contributed by atoms with Crippen LogP contribution in [0.15, 0.2) is 42.6 Å². The number of aromatic nitrogens is 1. The molecule has 0 unspecified atom stereocenters. The van der Waals surface area contributed by atoms with Gasteiger partial charge in [-0.3, -0.25) is 4.79 Å². The molecule has 0 bridgehead atoms. The van der Waals surface area contributed by atoms with Crippen LogP contribution in [0.3, 0.4) is 0 Å². The van der Waals surface area contributed by atoms with Crippen molar-refractivity contribution < 1.29 is 4.79 Å². The van der Waals surface area contributed by atoms with Crippen LogP contribution in [0, 0.1) is 0 Å². The minimum absolute atomic E-state index is 0.0936. The predicted molar refractivity (Wildman–Crippen MR) is 81.7 cm³/mol. The maximum atomic E-state index is 12.1. The Bertz CT molecular complexity index is 612. The van der Waals surface area contributed by atoms with Gasteiger partial charge in [0.2, 0.25) is 0 Å². The quantitative estimate of drug-likeness (QED) is 0.879. The summed E-state index contributed by atoms with van der Waals surface area (Å²) < 4.78 is 0. The molecule has 0 radical (unpaired) electrons. The number of carbonyl (C=O) groups is 1. The Labute approximate surface area is 119 Å². The zero-order chi connectivity index (χ0) is 14.8. The van der Waals surface area contributed by atoms with E-state index < -0.39 is 0 Å². The number of nitrogens with one attached hydrogen (secondary N) is 1. The molecule has 4 heteroatoms. The lowest BCUT2D eigenvalue weighted by molar-refractivity contribution is 0.102. The normalized spacial score (nSPS) is 11.2. The molecule has 104 valence electrons. The number of rotatable bonds is 2. The van der Waals surface area contributed by atoms with Crippen molar-refractivity contribution in [1.82, 2.24) is 4.98 Å². The Balaban J connectivity index is 2.15. The number of hydrogen-bond acceptors (Lipinski definition) is 3. The third-order valence-electron chi connectivity index (χ3n) is 3.09. The highest BCUT2D eigenvalue weighted by Gasteiger charge is 2.14. The topological polar surface area (TPSA) is 68.0 Å². The fraction of sp³-hybridized carbons (Fsp3) is 0.250. The molecule has 1 aromatic carbocycles. The van der Waals surface area contributed by atoms with E-state index in [1.54, 1.807) is 18.3 Å². The van der Waals surface area contributed by atoms with E-state index in [-0.39, 0.29) is 17.1 Å². The van der Waals surface area contributed by atoms with Gasteiger partial charge in [0.15, 0.2) is 0 Å². The predicted octanol–water partition coefficient (Wildman–Crippen LogP) is 3.21. The van der Waals surface area contributed by atoms with Crippen molar-refractivity contribution in [2.75, 3.05) is 11.1 Å². The average Bonchev–Trinajstić information content (AvgIpc) is 2.38. The maximum Gasteiger partial charge on any atom is 0.259 e. The Kier molecular flexibility index (Phi) is 3.74. The SMILES string of the molecule is CC(C)(C)c1ccc(NC(=O)c2cccnc2N)cc1. The zero-order valence-electron chi connectivity index (χ0n) is 12.0.